The van der Waals surface area contributed by atoms with Gasteiger partial charge in [0.2, 0.25) is 0 Å². The molecule has 0 aliphatic rings. The minimum atomic E-state index is 1.11. The van der Waals surface area contributed by atoms with Crippen LogP contribution in [0.4, 0.5) is 0 Å². The Bertz CT molecular complexity index is 3500. The summed E-state index contributed by atoms with van der Waals surface area (Å²) in [5.74, 6) is 0. The Labute approximate surface area is 360 Å². The van der Waals surface area contributed by atoms with Gasteiger partial charge in [-0.2, -0.15) is 0 Å². The summed E-state index contributed by atoms with van der Waals surface area (Å²) in [4.78, 5) is 0. The molecule has 12 aromatic rings. The molecule has 0 unspecified atom stereocenters. The highest BCUT2D eigenvalue weighted by molar-refractivity contribution is 6.19. The van der Waals surface area contributed by atoms with Gasteiger partial charge in [-0.25, -0.2) is 0 Å². The number of hydrogen-bond donors (Lipinski definition) is 0. The van der Waals surface area contributed by atoms with Crippen LogP contribution in [-0.4, -0.2) is 9.13 Å². The van der Waals surface area contributed by atoms with E-state index in [0.29, 0.717) is 0 Å². The topological polar surface area (TPSA) is 9.86 Å². The fourth-order valence-corrected chi connectivity index (χ4v) is 9.52. The molecule has 12 rings (SSSR count). The lowest BCUT2D eigenvalue weighted by Crippen LogP contribution is -1.97. The van der Waals surface area contributed by atoms with Gasteiger partial charge in [-0.1, -0.05) is 170 Å². The van der Waals surface area contributed by atoms with E-state index in [9.17, 15) is 0 Å². The summed E-state index contributed by atoms with van der Waals surface area (Å²) < 4.78 is 4.93. The van der Waals surface area contributed by atoms with E-state index in [1.165, 1.54) is 82.6 Å². The zero-order chi connectivity index (χ0) is 41.0. The van der Waals surface area contributed by atoms with Crippen LogP contribution < -0.4 is 0 Å². The van der Waals surface area contributed by atoms with Crippen LogP contribution in [0, 0.1) is 0 Å². The van der Waals surface area contributed by atoms with Crippen molar-refractivity contribution in [2.24, 2.45) is 0 Å². The van der Waals surface area contributed by atoms with Crippen LogP contribution in [0.2, 0.25) is 0 Å². The molecule has 0 aliphatic carbocycles. The van der Waals surface area contributed by atoms with Gasteiger partial charge in [0.05, 0.1) is 22.1 Å². The zero-order valence-electron chi connectivity index (χ0n) is 34.0. The van der Waals surface area contributed by atoms with Crippen LogP contribution >= 0.6 is 0 Å². The Balaban J connectivity index is 1.17. The summed E-state index contributed by atoms with van der Waals surface area (Å²) in [6.07, 6.45) is 0. The molecule has 0 saturated carbocycles. The Kier molecular flexibility index (Phi) is 8.53. The van der Waals surface area contributed by atoms with Crippen molar-refractivity contribution in [1.82, 2.24) is 9.13 Å². The van der Waals surface area contributed by atoms with E-state index < -0.39 is 0 Å². The molecule has 0 bridgehead atoms. The van der Waals surface area contributed by atoms with Gasteiger partial charge < -0.3 is 9.13 Å². The Hall–Kier alpha value is -8.20. The van der Waals surface area contributed by atoms with E-state index in [4.69, 9.17) is 0 Å². The van der Waals surface area contributed by atoms with E-state index >= 15 is 0 Å². The van der Waals surface area contributed by atoms with Crippen LogP contribution in [-0.2, 0) is 0 Å². The summed E-state index contributed by atoms with van der Waals surface area (Å²) >= 11 is 0. The highest BCUT2D eigenvalue weighted by Gasteiger charge is 2.20. The number of hydrogen-bond acceptors (Lipinski definition) is 0. The van der Waals surface area contributed by atoms with Crippen molar-refractivity contribution < 1.29 is 0 Å². The van der Waals surface area contributed by atoms with Crippen molar-refractivity contribution in [3.8, 4) is 67.0 Å². The lowest BCUT2D eigenvalue weighted by Gasteiger charge is -2.16. The minimum Gasteiger partial charge on any atom is -0.309 e. The molecule has 290 valence electrons. The molecule has 0 saturated heterocycles. The normalized spacial score (nSPS) is 11.5. The summed E-state index contributed by atoms with van der Waals surface area (Å²) in [5, 5.41) is 4.94. The molecule has 2 heteroatoms. The monoisotopic (exact) mass is 788 g/mol. The van der Waals surface area contributed by atoms with Crippen molar-refractivity contribution in [2.45, 2.75) is 0 Å². The lowest BCUT2D eigenvalue weighted by molar-refractivity contribution is 1.16. The second-order valence-electron chi connectivity index (χ2n) is 16.2. The number of para-hydroxylation sites is 2. The van der Waals surface area contributed by atoms with Gasteiger partial charge >= 0.3 is 0 Å². The molecule has 0 aliphatic heterocycles. The first-order chi connectivity index (χ1) is 30.7. The molecule has 0 N–H and O–H groups in total. The number of fused-ring (bicyclic) bond motifs is 6. The second kappa shape index (κ2) is 14.8. The van der Waals surface area contributed by atoms with Crippen molar-refractivity contribution >= 4 is 43.6 Å². The van der Waals surface area contributed by atoms with Crippen molar-refractivity contribution in [2.75, 3.05) is 0 Å². The molecule has 0 radical (unpaired) electrons. The van der Waals surface area contributed by atoms with Crippen molar-refractivity contribution in [3.05, 3.63) is 243 Å². The van der Waals surface area contributed by atoms with Gasteiger partial charge in [-0.3, -0.25) is 0 Å². The van der Waals surface area contributed by atoms with E-state index in [-0.39, 0.29) is 0 Å². The lowest BCUT2D eigenvalue weighted by atomic mass is 9.94. The highest BCUT2D eigenvalue weighted by atomic mass is 15.0. The fraction of sp³-hybridized carbons (Fsp3) is 0. The molecule has 0 amide bonds. The first kappa shape index (κ1) is 35.7. The van der Waals surface area contributed by atoms with Gasteiger partial charge in [-0.05, 0) is 128 Å². The number of rotatable bonds is 7. The molecular weight excluding hydrogens is 749 g/mol. The summed E-state index contributed by atoms with van der Waals surface area (Å²) in [6.45, 7) is 0. The predicted molar refractivity (Wildman–Crippen MR) is 262 cm³/mol. The summed E-state index contributed by atoms with van der Waals surface area (Å²) in [6, 6.07) is 88.6. The Morgan fingerprint density at radius 3 is 1.13 bits per heavy atom. The first-order valence-corrected chi connectivity index (χ1v) is 21.3. The van der Waals surface area contributed by atoms with Crippen LogP contribution in [0.15, 0.2) is 243 Å². The van der Waals surface area contributed by atoms with Gasteiger partial charge in [0.25, 0.3) is 0 Å². The first-order valence-electron chi connectivity index (χ1n) is 21.3. The molecule has 2 heterocycles. The maximum Gasteiger partial charge on any atom is 0.0562 e. The smallest absolute Gasteiger partial charge is 0.0562 e. The fourth-order valence-electron chi connectivity index (χ4n) is 9.52. The number of aromatic nitrogens is 2. The number of nitrogens with zero attached hydrogens (tertiary/aromatic N) is 2. The second-order valence-corrected chi connectivity index (χ2v) is 16.2. The molecular formula is C60H40N2. The maximum atomic E-state index is 2.50. The van der Waals surface area contributed by atoms with E-state index in [0.717, 1.165) is 28.0 Å². The van der Waals surface area contributed by atoms with Gasteiger partial charge in [0.15, 0.2) is 0 Å². The zero-order valence-corrected chi connectivity index (χ0v) is 34.0. The van der Waals surface area contributed by atoms with Crippen LogP contribution in [0.5, 0.6) is 0 Å². The van der Waals surface area contributed by atoms with Crippen LogP contribution in [0.3, 0.4) is 0 Å². The van der Waals surface area contributed by atoms with Gasteiger partial charge in [0, 0.05) is 32.9 Å². The minimum absolute atomic E-state index is 1.11. The third kappa shape index (κ3) is 6.12. The quantitative estimate of drug-likeness (QED) is 0.152. The van der Waals surface area contributed by atoms with Crippen LogP contribution in [0.1, 0.15) is 0 Å². The molecule has 10 aromatic carbocycles. The summed E-state index contributed by atoms with van der Waals surface area (Å²) in [5.41, 5.74) is 18.9. The van der Waals surface area contributed by atoms with Crippen molar-refractivity contribution in [1.29, 1.82) is 0 Å². The Morgan fingerprint density at radius 1 is 0.177 bits per heavy atom. The molecule has 62 heavy (non-hydrogen) atoms. The molecule has 0 fully saturated rings. The van der Waals surface area contributed by atoms with Gasteiger partial charge in [0.1, 0.15) is 0 Å². The van der Waals surface area contributed by atoms with E-state index in [1.54, 1.807) is 0 Å². The van der Waals surface area contributed by atoms with Crippen LogP contribution in [0.25, 0.3) is 111 Å². The largest absolute Gasteiger partial charge is 0.309 e. The molecule has 2 aromatic heterocycles. The average molecular weight is 789 g/mol. The highest BCUT2D eigenvalue weighted by Crippen LogP contribution is 2.42. The predicted octanol–water partition coefficient (Wildman–Crippen LogP) is 16.2. The number of benzene rings is 10. The van der Waals surface area contributed by atoms with E-state index in [2.05, 4.69) is 252 Å². The third-order valence-corrected chi connectivity index (χ3v) is 12.5. The molecule has 2 nitrogen and oxygen atoms in total. The third-order valence-electron chi connectivity index (χ3n) is 12.5. The molecule has 0 spiro atoms. The average Bonchev–Trinajstić information content (AvgIpc) is 3.85. The summed E-state index contributed by atoms with van der Waals surface area (Å²) in [7, 11) is 0. The maximum absolute atomic E-state index is 2.50. The van der Waals surface area contributed by atoms with Crippen molar-refractivity contribution in [3.63, 3.8) is 0 Å². The Morgan fingerprint density at radius 2 is 0.565 bits per heavy atom. The standard InChI is InChI=1S/C60H40N2/c1-5-17-41(18-6-1)44-23-15-25-46(33-44)49-35-50(47-26-16-24-45(34-47)42-19-7-2-8-20-42)37-52(36-49)62-58-32-31-48(43-21-9-3-10-22-43)38-54(58)56-39-55-53-29-13-14-30-57(53)61(59(55)40-60(56)62)51-27-11-4-12-28-51/h1-40H. The van der Waals surface area contributed by atoms with Gasteiger partial charge in [-0.15, -0.1) is 0 Å². The SMILES string of the molecule is c1ccc(-c2cccc(-c3cc(-c4cccc(-c5ccccc5)c4)cc(-n4c5ccc(-c6ccccc6)cc5c5cc6c7ccccc7n(-c7ccccc7)c6cc54)c3)c2)cc1. The van der Waals surface area contributed by atoms with E-state index in [1.807, 2.05) is 0 Å². The molecule has 0 atom stereocenters.